The molecule has 0 aliphatic heterocycles. The lowest BCUT2D eigenvalue weighted by molar-refractivity contribution is -0.114. The summed E-state index contributed by atoms with van der Waals surface area (Å²) in [4.78, 5) is 15.5. The fourth-order valence-electron chi connectivity index (χ4n) is 1.97. The van der Waals surface area contributed by atoms with Crippen molar-refractivity contribution in [2.75, 3.05) is 7.05 Å². The Kier molecular flexibility index (Phi) is 11.1. The number of aryl methyl sites for hydroxylation is 2. The molecule has 1 heterocycles. The predicted octanol–water partition coefficient (Wildman–Crippen LogP) is 4.82. The van der Waals surface area contributed by atoms with E-state index in [1.807, 2.05) is 44.4 Å². The molecule has 5 nitrogen and oxygen atoms in total. The van der Waals surface area contributed by atoms with E-state index in [4.69, 9.17) is 5.73 Å². The number of halogens is 1. The summed E-state index contributed by atoms with van der Waals surface area (Å²) in [5, 5.41) is 2.94. The van der Waals surface area contributed by atoms with Crippen LogP contribution in [-0.2, 0) is 4.79 Å². The topological polar surface area (TPSA) is 72.9 Å². The summed E-state index contributed by atoms with van der Waals surface area (Å²) in [7, 11) is 1.77. The number of carbonyl (C=O) groups excluding carboxylic acids is 1. The summed E-state index contributed by atoms with van der Waals surface area (Å²) in [6.07, 6.45) is 1.68. The average molecular weight is 435 g/mol. The van der Waals surface area contributed by atoms with E-state index < -0.39 is 5.91 Å². The molecule has 2 rings (SSSR count). The monoisotopic (exact) mass is 434 g/mol. The van der Waals surface area contributed by atoms with Crippen LogP contribution < -0.4 is 11.1 Å². The molecule has 0 fully saturated rings. The number of rotatable bonds is 4. The second-order valence-electron chi connectivity index (χ2n) is 5.68. The summed E-state index contributed by atoms with van der Waals surface area (Å²) < 4.78 is 2.96. The van der Waals surface area contributed by atoms with Crippen LogP contribution in [0.25, 0.3) is 11.9 Å². The molecule has 3 N–H and O–H groups in total. The van der Waals surface area contributed by atoms with Crippen molar-refractivity contribution in [2.45, 2.75) is 41.5 Å². The summed E-state index contributed by atoms with van der Waals surface area (Å²) in [5.74, 6) is 0.236. The number of nitrogens with zero attached hydrogens (tertiary/aromatic N) is 2. The molecule has 1 aromatic carbocycles. The molecule has 148 valence electrons. The highest BCUT2D eigenvalue weighted by Crippen LogP contribution is 2.16. The number of hydrogen-bond acceptors (Lipinski definition) is 3. The van der Waals surface area contributed by atoms with Gasteiger partial charge in [0.2, 0.25) is 5.91 Å². The van der Waals surface area contributed by atoms with Crippen molar-refractivity contribution in [3.63, 3.8) is 0 Å². The number of nitrogens with one attached hydrogen (secondary N) is 1. The summed E-state index contributed by atoms with van der Waals surface area (Å²) in [6.45, 7) is 15.5. The van der Waals surface area contributed by atoms with Crippen LogP contribution in [0.2, 0.25) is 0 Å². The van der Waals surface area contributed by atoms with Gasteiger partial charge in [0.1, 0.15) is 0 Å². The van der Waals surface area contributed by atoms with Crippen LogP contribution in [0.5, 0.6) is 0 Å². The van der Waals surface area contributed by atoms with E-state index in [1.165, 1.54) is 5.56 Å². The number of primary amides is 1. The first kappa shape index (κ1) is 24.7. The summed E-state index contributed by atoms with van der Waals surface area (Å²) in [5.41, 5.74) is 9.52. The van der Waals surface area contributed by atoms with Crippen molar-refractivity contribution in [3.8, 4) is 0 Å². The Labute approximate surface area is 171 Å². The van der Waals surface area contributed by atoms with E-state index in [1.54, 1.807) is 20.2 Å². The van der Waals surface area contributed by atoms with Gasteiger partial charge in [-0.05, 0) is 39.8 Å². The zero-order valence-corrected chi connectivity index (χ0v) is 18.9. The highest BCUT2D eigenvalue weighted by atomic mass is 79.9. The lowest BCUT2D eigenvalue weighted by Gasteiger charge is -2.07. The second-order valence-corrected chi connectivity index (χ2v) is 6.60. The molecular formula is C21H31BrN4O. The normalized spacial score (nSPS) is 10.1. The van der Waals surface area contributed by atoms with Crippen molar-refractivity contribution < 1.29 is 4.79 Å². The van der Waals surface area contributed by atoms with Gasteiger partial charge in [-0.1, -0.05) is 54.1 Å². The van der Waals surface area contributed by atoms with Gasteiger partial charge in [0.25, 0.3) is 0 Å². The van der Waals surface area contributed by atoms with Crippen LogP contribution in [0.4, 0.5) is 0 Å². The van der Waals surface area contributed by atoms with E-state index in [2.05, 4.69) is 51.9 Å². The number of aromatic nitrogens is 2. The van der Waals surface area contributed by atoms with Gasteiger partial charge in [0, 0.05) is 29.0 Å². The van der Waals surface area contributed by atoms with Crippen LogP contribution >= 0.6 is 15.9 Å². The van der Waals surface area contributed by atoms with Gasteiger partial charge in [-0.3, -0.25) is 4.79 Å². The molecule has 6 heteroatoms. The van der Waals surface area contributed by atoms with Crippen molar-refractivity contribution >= 4 is 33.7 Å². The first-order chi connectivity index (χ1) is 12.7. The van der Waals surface area contributed by atoms with Gasteiger partial charge in [-0.2, -0.15) is 0 Å². The summed E-state index contributed by atoms with van der Waals surface area (Å²) in [6, 6.07) is 8.21. The van der Waals surface area contributed by atoms with Crippen LogP contribution in [0.1, 0.15) is 43.5 Å². The Hall–Kier alpha value is -2.34. The number of benzene rings is 1. The maximum Gasteiger partial charge on any atom is 0.245 e. The Morgan fingerprint density at radius 2 is 1.89 bits per heavy atom. The number of amides is 1. The molecule has 0 aliphatic carbocycles. The zero-order valence-electron chi connectivity index (χ0n) is 17.4. The predicted molar refractivity (Wildman–Crippen MR) is 119 cm³/mol. The first-order valence-electron chi connectivity index (χ1n) is 8.80. The van der Waals surface area contributed by atoms with Gasteiger partial charge >= 0.3 is 0 Å². The van der Waals surface area contributed by atoms with Crippen LogP contribution in [0.3, 0.4) is 0 Å². The van der Waals surface area contributed by atoms with E-state index in [-0.39, 0.29) is 0 Å². The molecule has 0 unspecified atom stereocenters. The van der Waals surface area contributed by atoms with Crippen molar-refractivity contribution in [2.24, 2.45) is 5.73 Å². The van der Waals surface area contributed by atoms with Crippen LogP contribution in [0, 0.1) is 20.8 Å². The third-order valence-corrected chi connectivity index (χ3v) is 4.14. The minimum absolute atomic E-state index is 0.447. The molecule has 1 amide bonds. The largest absolute Gasteiger partial charge is 0.386 e. The average Bonchev–Trinajstić information content (AvgIpc) is 2.91. The highest BCUT2D eigenvalue weighted by Gasteiger charge is 2.12. The molecule has 2 aromatic rings. The molecule has 0 atom stereocenters. The SMILES string of the molecule is C=C(NC)c1nc(C)c(C)n1/C=C(\C)C(N)=O.CC.Cc1cccc(Br)c1. The van der Waals surface area contributed by atoms with E-state index >= 15 is 0 Å². The second kappa shape index (κ2) is 12.1. The molecule has 1 aromatic heterocycles. The maximum atomic E-state index is 11.1. The quantitative estimate of drug-likeness (QED) is 0.677. The Balaban J connectivity index is 0.000000562. The van der Waals surface area contributed by atoms with Crippen molar-refractivity contribution in [3.05, 3.63) is 63.7 Å². The number of imidazole rings is 1. The molecule has 0 radical (unpaired) electrons. The maximum absolute atomic E-state index is 11.1. The molecule has 0 bridgehead atoms. The van der Waals surface area contributed by atoms with Gasteiger partial charge in [0.05, 0.1) is 11.4 Å². The standard InChI is InChI=1S/C12H18N4O.C7H7Br.C2H6/c1-7(11(13)17)6-16-10(4)8(2)15-12(16)9(3)14-5;1-6-3-2-4-7(8)5-6;1-2/h6,14H,3H2,1-2,4-5H3,(H2,13,17);2-5H,1H3;1-2H3/b7-6+;;. The first-order valence-corrected chi connectivity index (χ1v) is 9.59. The molecule has 27 heavy (non-hydrogen) atoms. The lowest BCUT2D eigenvalue weighted by atomic mass is 10.2. The number of nitrogens with two attached hydrogens (primary N) is 1. The van der Waals surface area contributed by atoms with E-state index in [0.717, 1.165) is 15.9 Å². The zero-order chi connectivity index (χ0) is 21.1. The molecule has 0 aliphatic rings. The van der Waals surface area contributed by atoms with Crippen molar-refractivity contribution in [1.82, 2.24) is 14.9 Å². The lowest BCUT2D eigenvalue weighted by Crippen LogP contribution is -2.14. The van der Waals surface area contributed by atoms with Crippen LogP contribution in [0.15, 0.2) is 40.9 Å². The number of carbonyl (C=O) groups is 1. The summed E-state index contributed by atoms with van der Waals surface area (Å²) >= 11 is 3.36. The van der Waals surface area contributed by atoms with Crippen LogP contribution in [-0.4, -0.2) is 22.5 Å². The molecule has 0 spiro atoms. The van der Waals surface area contributed by atoms with E-state index in [0.29, 0.717) is 17.1 Å². The third kappa shape index (κ3) is 7.83. The Morgan fingerprint density at radius 1 is 1.30 bits per heavy atom. The fourth-order valence-corrected chi connectivity index (χ4v) is 2.49. The Bertz CT molecular complexity index is 789. The highest BCUT2D eigenvalue weighted by molar-refractivity contribution is 9.10. The van der Waals surface area contributed by atoms with Gasteiger partial charge < -0.3 is 15.6 Å². The Morgan fingerprint density at radius 3 is 2.30 bits per heavy atom. The van der Waals surface area contributed by atoms with Crippen molar-refractivity contribution in [1.29, 1.82) is 0 Å². The smallest absolute Gasteiger partial charge is 0.245 e. The minimum Gasteiger partial charge on any atom is -0.386 e. The molecular weight excluding hydrogens is 404 g/mol. The van der Waals surface area contributed by atoms with Gasteiger partial charge in [-0.25, -0.2) is 4.98 Å². The fraction of sp³-hybridized carbons (Fsp3) is 0.333. The van der Waals surface area contributed by atoms with Gasteiger partial charge in [0.15, 0.2) is 5.82 Å². The minimum atomic E-state index is -0.447. The van der Waals surface area contributed by atoms with Gasteiger partial charge in [-0.15, -0.1) is 0 Å². The van der Waals surface area contributed by atoms with E-state index in [9.17, 15) is 4.79 Å². The molecule has 0 saturated carbocycles. The number of hydrogen-bond donors (Lipinski definition) is 2. The molecule has 0 saturated heterocycles. The third-order valence-electron chi connectivity index (χ3n) is 3.65.